The summed E-state index contributed by atoms with van der Waals surface area (Å²) >= 11 is 5.91. The van der Waals surface area contributed by atoms with E-state index in [1.165, 1.54) is 0 Å². The third kappa shape index (κ3) is 2.93. The fraction of sp³-hybridized carbons (Fsp3) is 0.455. The second-order valence-electron chi connectivity index (χ2n) is 3.71. The van der Waals surface area contributed by atoms with Gasteiger partial charge in [-0.15, -0.1) is 0 Å². The van der Waals surface area contributed by atoms with Gasteiger partial charge in [0.2, 0.25) is 0 Å². The van der Waals surface area contributed by atoms with Crippen molar-refractivity contribution in [2.45, 2.75) is 25.5 Å². The molecule has 0 aliphatic heterocycles. The van der Waals surface area contributed by atoms with E-state index < -0.39 is 0 Å². The Balaban J connectivity index is 2.07. The zero-order chi connectivity index (χ0) is 11.4. The SMILES string of the molecule is COCc1nc(Cl)cc(NC2CC=CC2)n1. The molecule has 1 N–H and O–H groups in total. The van der Waals surface area contributed by atoms with Crippen LogP contribution in [0.15, 0.2) is 18.2 Å². The minimum atomic E-state index is 0.373. The number of nitrogens with one attached hydrogen (secondary N) is 1. The quantitative estimate of drug-likeness (QED) is 0.648. The molecule has 0 unspecified atom stereocenters. The number of rotatable bonds is 4. The molecular weight excluding hydrogens is 226 g/mol. The van der Waals surface area contributed by atoms with Gasteiger partial charge < -0.3 is 10.1 Å². The lowest BCUT2D eigenvalue weighted by atomic mass is 10.2. The molecule has 16 heavy (non-hydrogen) atoms. The maximum absolute atomic E-state index is 5.91. The summed E-state index contributed by atoms with van der Waals surface area (Å²) in [6, 6.07) is 2.15. The van der Waals surface area contributed by atoms with Gasteiger partial charge in [-0.2, -0.15) is 0 Å². The number of hydrogen-bond donors (Lipinski definition) is 1. The van der Waals surface area contributed by atoms with Gasteiger partial charge >= 0.3 is 0 Å². The van der Waals surface area contributed by atoms with Gasteiger partial charge in [-0.05, 0) is 12.8 Å². The third-order valence-electron chi connectivity index (χ3n) is 2.37. The average Bonchev–Trinajstić information content (AvgIpc) is 2.70. The lowest BCUT2D eigenvalue weighted by molar-refractivity contribution is 0.178. The highest BCUT2D eigenvalue weighted by Crippen LogP contribution is 2.18. The van der Waals surface area contributed by atoms with Crippen LogP contribution in [0.3, 0.4) is 0 Å². The van der Waals surface area contributed by atoms with E-state index in [9.17, 15) is 0 Å². The summed E-state index contributed by atoms with van der Waals surface area (Å²) < 4.78 is 4.98. The van der Waals surface area contributed by atoms with Crippen LogP contribution in [0.5, 0.6) is 0 Å². The number of nitrogens with zero attached hydrogens (tertiary/aromatic N) is 2. The molecule has 0 spiro atoms. The van der Waals surface area contributed by atoms with Crippen molar-refractivity contribution in [3.05, 3.63) is 29.2 Å². The summed E-state index contributed by atoms with van der Waals surface area (Å²) in [6.07, 6.45) is 6.38. The molecule has 5 heteroatoms. The molecule has 86 valence electrons. The highest BCUT2D eigenvalue weighted by atomic mass is 35.5. The summed E-state index contributed by atoms with van der Waals surface area (Å²) in [5, 5.41) is 3.77. The van der Waals surface area contributed by atoms with Gasteiger partial charge in [-0.1, -0.05) is 23.8 Å². The average molecular weight is 240 g/mol. The highest BCUT2D eigenvalue weighted by molar-refractivity contribution is 6.29. The number of anilines is 1. The van der Waals surface area contributed by atoms with Gasteiger partial charge in [0.1, 0.15) is 17.6 Å². The summed E-state index contributed by atoms with van der Waals surface area (Å²) in [7, 11) is 1.61. The predicted octanol–water partition coefficient (Wildman–Crippen LogP) is 2.41. The van der Waals surface area contributed by atoms with E-state index in [1.807, 2.05) is 0 Å². The fourth-order valence-electron chi connectivity index (χ4n) is 1.68. The molecule has 0 fully saturated rings. The van der Waals surface area contributed by atoms with Gasteiger partial charge in [0.25, 0.3) is 0 Å². The molecule has 0 radical (unpaired) electrons. The van der Waals surface area contributed by atoms with Crippen LogP contribution in [0.25, 0.3) is 0 Å². The maximum atomic E-state index is 5.91. The molecule has 1 aromatic rings. The molecule has 0 bridgehead atoms. The molecule has 1 heterocycles. The fourth-order valence-corrected chi connectivity index (χ4v) is 1.88. The van der Waals surface area contributed by atoms with Crippen LogP contribution < -0.4 is 5.32 Å². The first-order valence-electron chi connectivity index (χ1n) is 5.22. The van der Waals surface area contributed by atoms with E-state index in [-0.39, 0.29) is 0 Å². The molecule has 0 atom stereocenters. The van der Waals surface area contributed by atoms with E-state index in [0.717, 1.165) is 18.7 Å². The summed E-state index contributed by atoms with van der Waals surface area (Å²) in [6.45, 7) is 0.373. The Morgan fingerprint density at radius 2 is 2.19 bits per heavy atom. The number of ether oxygens (including phenoxy) is 1. The van der Waals surface area contributed by atoms with Crippen molar-refractivity contribution in [3.63, 3.8) is 0 Å². The summed E-state index contributed by atoms with van der Waals surface area (Å²) in [5.74, 6) is 1.37. The molecule has 0 saturated carbocycles. The van der Waals surface area contributed by atoms with Crippen molar-refractivity contribution in [3.8, 4) is 0 Å². The third-order valence-corrected chi connectivity index (χ3v) is 2.57. The molecule has 0 aromatic carbocycles. The molecule has 1 aliphatic rings. The van der Waals surface area contributed by atoms with Gasteiger partial charge in [-0.25, -0.2) is 9.97 Å². The Morgan fingerprint density at radius 3 is 2.88 bits per heavy atom. The first-order chi connectivity index (χ1) is 7.78. The molecule has 1 aliphatic carbocycles. The summed E-state index contributed by atoms with van der Waals surface area (Å²) in [4.78, 5) is 8.40. The van der Waals surface area contributed by atoms with Crippen LogP contribution in [0.1, 0.15) is 18.7 Å². The molecule has 0 amide bonds. The van der Waals surface area contributed by atoms with E-state index >= 15 is 0 Å². The molecule has 2 rings (SSSR count). The second-order valence-corrected chi connectivity index (χ2v) is 4.10. The van der Waals surface area contributed by atoms with E-state index in [2.05, 4.69) is 27.4 Å². The zero-order valence-electron chi connectivity index (χ0n) is 9.11. The maximum Gasteiger partial charge on any atom is 0.158 e. The standard InChI is InChI=1S/C11H14ClN3O/c1-16-7-11-14-9(12)6-10(15-11)13-8-4-2-3-5-8/h2-3,6,8H,4-5,7H2,1H3,(H,13,14,15). The Hall–Kier alpha value is -1.13. The van der Waals surface area contributed by atoms with Gasteiger partial charge in [0, 0.05) is 19.2 Å². The van der Waals surface area contributed by atoms with E-state index in [4.69, 9.17) is 16.3 Å². The zero-order valence-corrected chi connectivity index (χ0v) is 9.87. The van der Waals surface area contributed by atoms with Crippen molar-refractivity contribution >= 4 is 17.4 Å². The van der Waals surface area contributed by atoms with Crippen LogP contribution in [0, 0.1) is 0 Å². The second kappa shape index (κ2) is 5.27. The molecule has 4 nitrogen and oxygen atoms in total. The predicted molar refractivity (Wildman–Crippen MR) is 63.5 cm³/mol. The van der Waals surface area contributed by atoms with Crippen molar-refractivity contribution in [1.29, 1.82) is 0 Å². The molecule has 0 saturated heterocycles. The Labute approximate surface area is 99.7 Å². The lowest BCUT2D eigenvalue weighted by Gasteiger charge is -2.13. The minimum absolute atomic E-state index is 0.373. The van der Waals surface area contributed by atoms with Crippen molar-refractivity contribution in [2.75, 3.05) is 12.4 Å². The van der Waals surface area contributed by atoms with E-state index in [0.29, 0.717) is 23.6 Å². The van der Waals surface area contributed by atoms with Crippen LogP contribution >= 0.6 is 11.6 Å². The van der Waals surface area contributed by atoms with Gasteiger partial charge in [-0.3, -0.25) is 0 Å². The monoisotopic (exact) mass is 239 g/mol. The molecular formula is C11H14ClN3O. The van der Waals surface area contributed by atoms with Crippen LogP contribution in [-0.4, -0.2) is 23.1 Å². The van der Waals surface area contributed by atoms with Crippen molar-refractivity contribution in [1.82, 2.24) is 9.97 Å². The number of halogens is 1. The van der Waals surface area contributed by atoms with Crippen LogP contribution in [-0.2, 0) is 11.3 Å². The lowest BCUT2D eigenvalue weighted by Crippen LogP contribution is -2.16. The Bertz CT molecular complexity index is 387. The highest BCUT2D eigenvalue weighted by Gasteiger charge is 2.11. The number of hydrogen-bond acceptors (Lipinski definition) is 4. The van der Waals surface area contributed by atoms with Crippen molar-refractivity contribution in [2.24, 2.45) is 0 Å². The normalized spacial score (nSPS) is 15.6. The van der Waals surface area contributed by atoms with Gasteiger partial charge in [0.15, 0.2) is 5.82 Å². The first kappa shape index (κ1) is 11.4. The Kier molecular flexibility index (Phi) is 3.74. The number of aromatic nitrogens is 2. The van der Waals surface area contributed by atoms with E-state index in [1.54, 1.807) is 13.2 Å². The smallest absolute Gasteiger partial charge is 0.158 e. The summed E-state index contributed by atoms with van der Waals surface area (Å²) in [5.41, 5.74) is 0. The first-order valence-corrected chi connectivity index (χ1v) is 5.59. The Morgan fingerprint density at radius 1 is 1.44 bits per heavy atom. The van der Waals surface area contributed by atoms with Crippen molar-refractivity contribution < 1.29 is 4.74 Å². The number of methoxy groups -OCH3 is 1. The minimum Gasteiger partial charge on any atom is -0.377 e. The topological polar surface area (TPSA) is 47.0 Å². The van der Waals surface area contributed by atoms with Crippen LogP contribution in [0.2, 0.25) is 5.15 Å². The van der Waals surface area contributed by atoms with Crippen LogP contribution in [0.4, 0.5) is 5.82 Å². The molecule has 1 aromatic heterocycles. The van der Waals surface area contributed by atoms with Gasteiger partial charge in [0.05, 0.1) is 0 Å². The largest absolute Gasteiger partial charge is 0.377 e.